The van der Waals surface area contributed by atoms with Gasteiger partial charge in [0.15, 0.2) is 0 Å². The van der Waals surface area contributed by atoms with Gasteiger partial charge in [0, 0.05) is 5.41 Å². The normalized spacial score (nSPS) is 12.6. The molecule has 0 aliphatic heterocycles. The zero-order chi connectivity index (χ0) is 17.0. The summed E-state index contributed by atoms with van der Waals surface area (Å²) in [6.07, 6.45) is 0.646. The first kappa shape index (κ1) is 20.5. The molecule has 1 aromatic carbocycles. The smallest absolute Gasteiger partial charge is 0.243 e. The monoisotopic (exact) mass is 368 g/mol. The van der Waals surface area contributed by atoms with Crippen LogP contribution in [-0.2, 0) is 10.2 Å². The van der Waals surface area contributed by atoms with Crippen LogP contribution in [-0.4, -0.2) is 22.1 Å². The molecule has 0 radical (unpaired) electrons. The van der Waals surface area contributed by atoms with E-state index in [1.54, 1.807) is 0 Å². The molecule has 5 nitrogen and oxygen atoms in total. The van der Waals surface area contributed by atoms with Crippen LogP contribution in [0.4, 0.5) is 5.13 Å². The third-order valence-corrected chi connectivity index (χ3v) is 4.91. The van der Waals surface area contributed by atoms with Crippen molar-refractivity contribution in [3.05, 3.63) is 40.9 Å². The number of nitrogens with zero attached hydrogens (tertiary/aromatic N) is 2. The topological polar surface area (TPSA) is 80.9 Å². The SMILES string of the molecule is CC(C)C[C@H](N)C(=O)Nc1nnc(C(C)(C)c2ccccc2)s1.Cl. The first-order valence-corrected chi connectivity index (χ1v) is 8.58. The number of nitrogens with two attached hydrogens (primary N) is 1. The second-order valence-electron chi connectivity index (χ2n) is 6.63. The van der Waals surface area contributed by atoms with Crippen LogP contribution >= 0.6 is 23.7 Å². The summed E-state index contributed by atoms with van der Waals surface area (Å²) in [6, 6.07) is 9.61. The van der Waals surface area contributed by atoms with Gasteiger partial charge in [-0.3, -0.25) is 10.1 Å². The Hall–Kier alpha value is -1.50. The first-order chi connectivity index (χ1) is 10.8. The first-order valence-electron chi connectivity index (χ1n) is 7.76. The Morgan fingerprint density at radius 1 is 1.25 bits per heavy atom. The van der Waals surface area contributed by atoms with Gasteiger partial charge in [-0.15, -0.1) is 22.6 Å². The van der Waals surface area contributed by atoms with E-state index in [9.17, 15) is 4.79 Å². The highest BCUT2D eigenvalue weighted by Gasteiger charge is 2.28. The number of halogens is 1. The molecule has 1 heterocycles. The summed E-state index contributed by atoms with van der Waals surface area (Å²) in [5.41, 5.74) is 6.79. The molecule has 1 atom stereocenters. The number of hydrogen-bond acceptors (Lipinski definition) is 5. The van der Waals surface area contributed by atoms with E-state index in [1.165, 1.54) is 11.3 Å². The van der Waals surface area contributed by atoms with Gasteiger partial charge in [0.05, 0.1) is 6.04 Å². The van der Waals surface area contributed by atoms with Crippen molar-refractivity contribution in [3.63, 3.8) is 0 Å². The maximum atomic E-state index is 12.1. The van der Waals surface area contributed by atoms with Gasteiger partial charge < -0.3 is 5.73 Å². The van der Waals surface area contributed by atoms with Crippen molar-refractivity contribution in [1.29, 1.82) is 0 Å². The summed E-state index contributed by atoms with van der Waals surface area (Å²) >= 11 is 1.39. The average molecular weight is 369 g/mol. The number of carbonyl (C=O) groups excluding carboxylic acids is 1. The zero-order valence-electron chi connectivity index (χ0n) is 14.4. The fraction of sp³-hybridized carbons (Fsp3) is 0.471. The zero-order valence-corrected chi connectivity index (χ0v) is 16.1. The van der Waals surface area contributed by atoms with Crippen molar-refractivity contribution in [1.82, 2.24) is 10.2 Å². The van der Waals surface area contributed by atoms with Crippen molar-refractivity contribution in [3.8, 4) is 0 Å². The number of amides is 1. The molecule has 0 unspecified atom stereocenters. The third-order valence-electron chi connectivity index (χ3n) is 3.75. The van der Waals surface area contributed by atoms with Crippen molar-refractivity contribution >= 4 is 34.8 Å². The third kappa shape index (κ3) is 5.00. The maximum Gasteiger partial charge on any atom is 0.243 e. The lowest BCUT2D eigenvalue weighted by atomic mass is 9.85. The molecular formula is C17H25ClN4OS. The highest BCUT2D eigenvalue weighted by Crippen LogP contribution is 2.34. The van der Waals surface area contributed by atoms with Crippen molar-refractivity contribution < 1.29 is 4.79 Å². The van der Waals surface area contributed by atoms with Crippen LogP contribution < -0.4 is 11.1 Å². The number of anilines is 1. The van der Waals surface area contributed by atoms with E-state index in [4.69, 9.17) is 5.73 Å². The summed E-state index contributed by atoms with van der Waals surface area (Å²) in [7, 11) is 0. The Bertz CT molecular complexity index is 658. The summed E-state index contributed by atoms with van der Waals surface area (Å²) in [5, 5.41) is 12.5. The molecule has 1 aromatic heterocycles. The lowest BCUT2D eigenvalue weighted by Gasteiger charge is -2.21. The lowest BCUT2D eigenvalue weighted by Crippen LogP contribution is -2.36. The van der Waals surface area contributed by atoms with E-state index in [2.05, 4.69) is 41.5 Å². The predicted molar refractivity (Wildman–Crippen MR) is 102 cm³/mol. The number of nitrogens with one attached hydrogen (secondary N) is 1. The molecule has 2 aromatic rings. The minimum atomic E-state index is -0.524. The molecular weight excluding hydrogens is 344 g/mol. The van der Waals surface area contributed by atoms with E-state index in [1.807, 2.05) is 32.0 Å². The number of benzene rings is 1. The van der Waals surface area contributed by atoms with Gasteiger partial charge in [0.2, 0.25) is 11.0 Å². The lowest BCUT2D eigenvalue weighted by molar-refractivity contribution is -0.117. The quantitative estimate of drug-likeness (QED) is 0.816. The average Bonchev–Trinajstić information content (AvgIpc) is 2.96. The second-order valence-corrected chi connectivity index (χ2v) is 7.61. The highest BCUT2D eigenvalue weighted by molar-refractivity contribution is 7.15. The maximum absolute atomic E-state index is 12.1. The number of carbonyl (C=O) groups is 1. The van der Waals surface area contributed by atoms with Gasteiger partial charge >= 0.3 is 0 Å². The van der Waals surface area contributed by atoms with Crippen molar-refractivity contribution in [2.24, 2.45) is 11.7 Å². The molecule has 0 aliphatic rings. The largest absolute Gasteiger partial charge is 0.320 e. The van der Waals surface area contributed by atoms with Crippen molar-refractivity contribution in [2.75, 3.05) is 5.32 Å². The van der Waals surface area contributed by atoms with Crippen LogP contribution in [0.25, 0.3) is 0 Å². The Labute approximate surface area is 153 Å². The second kappa shape index (κ2) is 8.55. The van der Waals surface area contributed by atoms with Crippen LogP contribution in [0.15, 0.2) is 30.3 Å². The summed E-state index contributed by atoms with van der Waals surface area (Å²) in [6.45, 7) is 8.27. The van der Waals surface area contributed by atoms with E-state index in [0.29, 0.717) is 17.5 Å². The minimum Gasteiger partial charge on any atom is -0.320 e. The summed E-state index contributed by atoms with van der Waals surface area (Å²) < 4.78 is 0. The molecule has 0 aliphatic carbocycles. The van der Waals surface area contributed by atoms with Crippen LogP contribution in [0.1, 0.15) is 44.7 Å². The molecule has 1 amide bonds. The van der Waals surface area contributed by atoms with E-state index >= 15 is 0 Å². The van der Waals surface area contributed by atoms with Crippen LogP contribution in [0.2, 0.25) is 0 Å². The minimum absolute atomic E-state index is 0. The summed E-state index contributed by atoms with van der Waals surface area (Å²) in [4.78, 5) is 12.1. The molecule has 0 spiro atoms. The molecule has 3 N–H and O–H groups in total. The van der Waals surface area contributed by atoms with Crippen LogP contribution in [0, 0.1) is 5.92 Å². The van der Waals surface area contributed by atoms with Gasteiger partial charge in [-0.2, -0.15) is 0 Å². The van der Waals surface area contributed by atoms with Crippen molar-refractivity contribution in [2.45, 2.75) is 45.6 Å². The molecule has 24 heavy (non-hydrogen) atoms. The number of aromatic nitrogens is 2. The Kier molecular flexibility index (Phi) is 7.32. The Morgan fingerprint density at radius 2 is 1.88 bits per heavy atom. The van der Waals surface area contributed by atoms with E-state index in [-0.39, 0.29) is 23.7 Å². The van der Waals surface area contributed by atoms with Crippen LogP contribution in [0.5, 0.6) is 0 Å². The number of rotatable bonds is 6. The van der Waals surface area contributed by atoms with E-state index in [0.717, 1.165) is 10.6 Å². The summed E-state index contributed by atoms with van der Waals surface area (Å²) in [5.74, 6) is 0.164. The fourth-order valence-corrected chi connectivity index (χ4v) is 3.19. The predicted octanol–water partition coefficient (Wildman–Crippen LogP) is 3.60. The fourth-order valence-electron chi connectivity index (χ4n) is 2.32. The molecule has 7 heteroatoms. The molecule has 0 bridgehead atoms. The standard InChI is InChI=1S/C17H24N4OS.ClH/c1-11(2)10-13(18)14(22)19-16-21-20-15(23-16)17(3,4)12-8-6-5-7-9-12;/h5-9,11,13H,10,18H2,1-4H3,(H,19,21,22);1H/t13-;/m0./s1. The molecule has 0 fully saturated rings. The Morgan fingerprint density at radius 3 is 2.46 bits per heavy atom. The Balaban J connectivity index is 0.00000288. The van der Waals surface area contributed by atoms with Gasteiger partial charge in [-0.25, -0.2) is 0 Å². The van der Waals surface area contributed by atoms with Crippen LogP contribution in [0.3, 0.4) is 0 Å². The van der Waals surface area contributed by atoms with E-state index < -0.39 is 6.04 Å². The molecule has 0 saturated carbocycles. The molecule has 132 valence electrons. The van der Waals surface area contributed by atoms with Gasteiger partial charge in [0.1, 0.15) is 5.01 Å². The number of hydrogen-bond donors (Lipinski definition) is 2. The highest BCUT2D eigenvalue weighted by atomic mass is 35.5. The van der Waals surface area contributed by atoms with Gasteiger partial charge in [-0.1, -0.05) is 55.5 Å². The molecule has 0 saturated heterocycles. The van der Waals surface area contributed by atoms with Gasteiger partial charge in [0.25, 0.3) is 0 Å². The molecule has 2 rings (SSSR count). The van der Waals surface area contributed by atoms with Gasteiger partial charge in [-0.05, 0) is 31.7 Å².